The maximum atomic E-state index is 6.28. The van der Waals surface area contributed by atoms with Crippen molar-refractivity contribution in [2.75, 3.05) is 21.3 Å². The topological polar surface area (TPSA) is 36.9 Å². The molecular formula is C18H19BrO4. The number of alkyl halides is 1. The minimum atomic E-state index is -0.985. The highest BCUT2D eigenvalue weighted by atomic mass is 79.9. The van der Waals surface area contributed by atoms with Crippen molar-refractivity contribution < 1.29 is 18.9 Å². The molecule has 0 radical (unpaired) electrons. The van der Waals surface area contributed by atoms with Gasteiger partial charge in [-0.3, -0.25) is 0 Å². The average molecular weight is 379 g/mol. The van der Waals surface area contributed by atoms with Crippen molar-refractivity contribution in [3.63, 3.8) is 0 Å². The molecule has 0 saturated heterocycles. The van der Waals surface area contributed by atoms with Crippen LogP contribution in [-0.4, -0.2) is 26.2 Å². The summed E-state index contributed by atoms with van der Waals surface area (Å²) in [6.07, 6.45) is -0.193. The number of fused-ring (bicyclic) bond motifs is 1. The lowest BCUT2D eigenvalue weighted by atomic mass is 9.91. The molecule has 3 rings (SSSR count). The third-order valence-corrected chi connectivity index (χ3v) is 5.25. The van der Waals surface area contributed by atoms with E-state index in [1.54, 1.807) is 21.3 Å². The van der Waals surface area contributed by atoms with E-state index >= 15 is 0 Å². The van der Waals surface area contributed by atoms with Crippen molar-refractivity contribution in [2.24, 2.45) is 0 Å². The van der Waals surface area contributed by atoms with E-state index in [4.69, 9.17) is 18.9 Å². The largest absolute Gasteiger partial charge is 0.497 e. The standard InChI is InChI=1S/C18H19BrO4/c1-20-13-10-8-12(9-11-13)18(22-3)17(19)16(21-2)14-6-4-5-7-15(14)23-18/h4-11,16-17H,1-3H3/t16-,17-,18-/m0/s1. The summed E-state index contributed by atoms with van der Waals surface area (Å²) >= 11 is 3.73. The van der Waals surface area contributed by atoms with Gasteiger partial charge in [0, 0.05) is 25.3 Å². The highest BCUT2D eigenvalue weighted by Gasteiger charge is 2.51. The molecule has 2 aromatic carbocycles. The Kier molecular flexibility index (Phi) is 4.62. The SMILES string of the molecule is COc1ccc([C@]2(OC)Oc3ccccc3[C@H](OC)[C@@H]2Br)cc1. The summed E-state index contributed by atoms with van der Waals surface area (Å²) in [6, 6.07) is 15.5. The predicted molar refractivity (Wildman–Crippen MR) is 91.2 cm³/mol. The number of para-hydroxylation sites is 1. The number of hydrogen-bond donors (Lipinski definition) is 0. The van der Waals surface area contributed by atoms with Gasteiger partial charge < -0.3 is 18.9 Å². The van der Waals surface area contributed by atoms with Crippen molar-refractivity contribution in [3.8, 4) is 11.5 Å². The number of hydrogen-bond acceptors (Lipinski definition) is 4. The smallest absolute Gasteiger partial charge is 0.252 e. The minimum Gasteiger partial charge on any atom is -0.497 e. The number of ether oxygens (including phenoxy) is 4. The monoisotopic (exact) mass is 378 g/mol. The summed E-state index contributed by atoms with van der Waals surface area (Å²) in [5.74, 6) is 0.555. The summed E-state index contributed by atoms with van der Waals surface area (Å²) < 4.78 is 23.1. The molecule has 0 aromatic heterocycles. The molecule has 2 aromatic rings. The fraction of sp³-hybridized carbons (Fsp3) is 0.333. The Morgan fingerprint density at radius 1 is 1.00 bits per heavy atom. The van der Waals surface area contributed by atoms with E-state index in [0.29, 0.717) is 0 Å². The first kappa shape index (κ1) is 16.3. The van der Waals surface area contributed by atoms with E-state index in [-0.39, 0.29) is 10.9 Å². The van der Waals surface area contributed by atoms with Gasteiger partial charge in [-0.15, -0.1) is 0 Å². The summed E-state index contributed by atoms with van der Waals surface area (Å²) in [5, 5.41) is 0. The molecule has 0 spiro atoms. The van der Waals surface area contributed by atoms with Gasteiger partial charge in [0.25, 0.3) is 5.79 Å². The first-order valence-electron chi connectivity index (χ1n) is 7.30. The maximum absolute atomic E-state index is 6.28. The van der Waals surface area contributed by atoms with Crippen LogP contribution < -0.4 is 9.47 Å². The van der Waals surface area contributed by atoms with Crippen LogP contribution in [0.25, 0.3) is 0 Å². The molecule has 0 saturated carbocycles. The van der Waals surface area contributed by atoms with Crippen LogP contribution >= 0.6 is 15.9 Å². The zero-order valence-electron chi connectivity index (χ0n) is 13.3. The lowest BCUT2D eigenvalue weighted by Crippen LogP contribution is -2.49. The normalized spacial score (nSPS) is 26.3. The van der Waals surface area contributed by atoms with Gasteiger partial charge in [-0.1, -0.05) is 34.1 Å². The van der Waals surface area contributed by atoms with E-state index in [0.717, 1.165) is 22.6 Å². The Morgan fingerprint density at radius 3 is 2.30 bits per heavy atom. The van der Waals surface area contributed by atoms with Crippen LogP contribution in [0.5, 0.6) is 11.5 Å². The highest BCUT2D eigenvalue weighted by molar-refractivity contribution is 9.09. The molecular weight excluding hydrogens is 360 g/mol. The molecule has 1 heterocycles. The fourth-order valence-corrected chi connectivity index (χ4v) is 3.99. The van der Waals surface area contributed by atoms with Crippen LogP contribution in [0, 0.1) is 0 Å². The van der Waals surface area contributed by atoms with Crippen molar-refractivity contribution in [1.29, 1.82) is 0 Å². The summed E-state index contributed by atoms with van der Waals surface area (Å²) in [7, 11) is 4.97. The number of benzene rings is 2. The first-order valence-corrected chi connectivity index (χ1v) is 8.22. The van der Waals surface area contributed by atoms with Gasteiger partial charge in [0.15, 0.2) is 0 Å². The van der Waals surface area contributed by atoms with Gasteiger partial charge in [0.05, 0.1) is 7.11 Å². The second kappa shape index (κ2) is 6.51. The highest BCUT2D eigenvalue weighted by Crippen LogP contribution is 2.49. The van der Waals surface area contributed by atoms with E-state index < -0.39 is 5.79 Å². The molecule has 0 unspecified atom stereocenters. The molecule has 0 amide bonds. The second-order valence-electron chi connectivity index (χ2n) is 5.30. The van der Waals surface area contributed by atoms with Crippen LogP contribution in [0.4, 0.5) is 0 Å². The molecule has 23 heavy (non-hydrogen) atoms. The molecule has 4 nitrogen and oxygen atoms in total. The summed E-state index contributed by atoms with van der Waals surface area (Å²) in [4.78, 5) is -0.215. The maximum Gasteiger partial charge on any atom is 0.252 e. The molecule has 5 heteroatoms. The molecule has 0 N–H and O–H groups in total. The van der Waals surface area contributed by atoms with Gasteiger partial charge in [0.2, 0.25) is 0 Å². The minimum absolute atomic E-state index is 0.193. The third kappa shape index (κ3) is 2.63. The Hall–Kier alpha value is -1.56. The van der Waals surface area contributed by atoms with E-state index in [9.17, 15) is 0 Å². The summed E-state index contributed by atoms with van der Waals surface area (Å²) in [5.41, 5.74) is 1.89. The Morgan fingerprint density at radius 2 is 1.70 bits per heavy atom. The summed E-state index contributed by atoms with van der Waals surface area (Å²) in [6.45, 7) is 0. The van der Waals surface area contributed by atoms with Gasteiger partial charge in [0.1, 0.15) is 22.4 Å². The Balaban J connectivity index is 2.10. The Labute approximate surface area is 144 Å². The molecule has 0 aliphatic carbocycles. The molecule has 0 bridgehead atoms. The average Bonchev–Trinajstić information content (AvgIpc) is 2.61. The zero-order valence-corrected chi connectivity index (χ0v) is 14.9. The third-order valence-electron chi connectivity index (χ3n) is 4.17. The molecule has 3 atom stereocenters. The molecule has 0 fully saturated rings. The quantitative estimate of drug-likeness (QED) is 0.752. The van der Waals surface area contributed by atoms with E-state index in [1.807, 2.05) is 48.5 Å². The second-order valence-corrected chi connectivity index (χ2v) is 6.28. The molecule has 1 aliphatic rings. The van der Waals surface area contributed by atoms with Crippen LogP contribution in [0.15, 0.2) is 48.5 Å². The van der Waals surface area contributed by atoms with Gasteiger partial charge >= 0.3 is 0 Å². The molecule has 1 aliphatic heterocycles. The van der Waals surface area contributed by atoms with Crippen LogP contribution in [0.3, 0.4) is 0 Å². The lowest BCUT2D eigenvalue weighted by Gasteiger charge is -2.44. The van der Waals surface area contributed by atoms with E-state index in [1.165, 1.54) is 0 Å². The van der Waals surface area contributed by atoms with Crippen LogP contribution in [0.2, 0.25) is 0 Å². The number of rotatable bonds is 4. The van der Waals surface area contributed by atoms with E-state index in [2.05, 4.69) is 15.9 Å². The number of halogens is 1. The van der Waals surface area contributed by atoms with Crippen LogP contribution in [-0.2, 0) is 15.3 Å². The number of methoxy groups -OCH3 is 3. The van der Waals surface area contributed by atoms with Crippen molar-refractivity contribution in [1.82, 2.24) is 0 Å². The van der Waals surface area contributed by atoms with Crippen molar-refractivity contribution in [2.45, 2.75) is 16.7 Å². The van der Waals surface area contributed by atoms with Gasteiger partial charge in [-0.05, 0) is 30.3 Å². The van der Waals surface area contributed by atoms with Crippen LogP contribution in [0.1, 0.15) is 17.2 Å². The molecule has 122 valence electrons. The lowest BCUT2D eigenvalue weighted by molar-refractivity contribution is -0.198. The zero-order chi connectivity index (χ0) is 16.4. The van der Waals surface area contributed by atoms with Gasteiger partial charge in [-0.25, -0.2) is 0 Å². The predicted octanol–water partition coefficient (Wildman–Crippen LogP) is 4.04. The van der Waals surface area contributed by atoms with Crippen molar-refractivity contribution >= 4 is 15.9 Å². The first-order chi connectivity index (χ1) is 11.2. The van der Waals surface area contributed by atoms with Gasteiger partial charge in [-0.2, -0.15) is 0 Å². The Bertz CT molecular complexity index is 673. The fourth-order valence-electron chi connectivity index (χ4n) is 2.95. The van der Waals surface area contributed by atoms with Crippen molar-refractivity contribution in [3.05, 3.63) is 59.7 Å².